The summed E-state index contributed by atoms with van der Waals surface area (Å²) in [6.45, 7) is 1.50. The topological polar surface area (TPSA) is 173 Å². The lowest BCUT2D eigenvalue weighted by atomic mass is 9.93. The highest BCUT2D eigenvalue weighted by Gasteiger charge is 2.35. The summed E-state index contributed by atoms with van der Waals surface area (Å²) in [5.74, 6) is -2.22. The number of aliphatic carboxylic acids is 1. The van der Waals surface area contributed by atoms with E-state index in [9.17, 15) is 27.9 Å². The quantitative estimate of drug-likeness (QED) is 0.492. The van der Waals surface area contributed by atoms with E-state index in [-0.39, 0.29) is 28.4 Å². The zero-order valence-corrected chi connectivity index (χ0v) is 18.5. The molecule has 0 fully saturated rings. The van der Waals surface area contributed by atoms with Crippen LogP contribution < -0.4 is 16.2 Å². The summed E-state index contributed by atoms with van der Waals surface area (Å²) in [4.78, 5) is 37.5. The Labute approximate surface area is 189 Å². The second-order valence-electron chi connectivity index (χ2n) is 7.44. The largest absolute Gasteiger partial charge is 0.480 e. The van der Waals surface area contributed by atoms with Crippen LogP contribution in [0.5, 0.6) is 0 Å². The van der Waals surface area contributed by atoms with E-state index in [4.69, 9.17) is 22.5 Å². The molecule has 170 valence electrons. The van der Waals surface area contributed by atoms with Gasteiger partial charge in [-0.3, -0.25) is 9.59 Å². The Hall–Kier alpha value is -2.99. The van der Waals surface area contributed by atoms with E-state index in [1.807, 2.05) is 0 Å². The van der Waals surface area contributed by atoms with Crippen molar-refractivity contribution in [1.82, 2.24) is 4.90 Å². The SMILES string of the molecule is C[C@H](N)C(=O)N1Cc2cc(NC(=O)c3ccc(Cl)c(S(N)(=O)=O)c3)ccc2C[C@H]1C(=O)O. The van der Waals surface area contributed by atoms with E-state index in [1.165, 1.54) is 24.0 Å². The van der Waals surface area contributed by atoms with Crippen molar-refractivity contribution in [3.63, 3.8) is 0 Å². The third-order valence-electron chi connectivity index (χ3n) is 5.05. The second kappa shape index (κ2) is 8.87. The average Bonchev–Trinajstić information content (AvgIpc) is 2.71. The van der Waals surface area contributed by atoms with Crippen molar-refractivity contribution in [2.45, 2.75) is 36.9 Å². The molecule has 32 heavy (non-hydrogen) atoms. The first-order chi connectivity index (χ1) is 14.9. The molecule has 3 rings (SSSR count). The number of nitrogens with one attached hydrogen (secondary N) is 1. The molecule has 2 aromatic carbocycles. The van der Waals surface area contributed by atoms with Gasteiger partial charge in [0.25, 0.3) is 5.91 Å². The summed E-state index contributed by atoms with van der Waals surface area (Å²) in [5, 5.41) is 17.2. The van der Waals surface area contributed by atoms with E-state index < -0.39 is 39.9 Å². The minimum Gasteiger partial charge on any atom is -0.480 e. The normalized spacial score (nSPS) is 16.8. The Kier molecular flexibility index (Phi) is 6.56. The minimum atomic E-state index is -4.12. The van der Waals surface area contributed by atoms with Crippen LogP contribution in [0.15, 0.2) is 41.3 Å². The first-order valence-corrected chi connectivity index (χ1v) is 11.3. The summed E-state index contributed by atoms with van der Waals surface area (Å²) < 4.78 is 23.3. The van der Waals surface area contributed by atoms with Crippen LogP contribution in [0.2, 0.25) is 5.02 Å². The number of hydrogen-bond donors (Lipinski definition) is 4. The minimum absolute atomic E-state index is 0.0207. The third kappa shape index (κ3) is 4.91. The summed E-state index contributed by atoms with van der Waals surface area (Å²) >= 11 is 5.85. The van der Waals surface area contributed by atoms with E-state index in [1.54, 1.807) is 18.2 Å². The highest BCUT2D eigenvalue weighted by Crippen LogP contribution is 2.28. The number of rotatable bonds is 5. The van der Waals surface area contributed by atoms with E-state index in [0.717, 1.165) is 11.6 Å². The Balaban J connectivity index is 1.87. The maximum absolute atomic E-state index is 12.6. The molecule has 0 saturated heterocycles. The molecule has 0 unspecified atom stereocenters. The Bertz CT molecular complexity index is 1210. The summed E-state index contributed by atoms with van der Waals surface area (Å²) in [6.07, 6.45) is 0.103. The molecule has 1 heterocycles. The number of carbonyl (C=O) groups is 3. The number of sulfonamides is 1. The number of nitrogens with two attached hydrogens (primary N) is 2. The van der Waals surface area contributed by atoms with Crippen LogP contribution in [0.4, 0.5) is 5.69 Å². The zero-order valence-electron chi connectivity index (χ0n) is 16.9. The Morgan fingerprint density at radius 3 is 2.47 bits per heavy atom. The molecule has 6 N–H and O–H groups in total. The molecule has 1 aliphatic rings. The van der Waals surface area contributed by atoms with Gasteiger partial charge in [0, 0.05) is 24.2 Å². The summed E-state index contributed by atoms with van der Waals surface area (Å²) in [7, 11) is -4.12. The van der Waals surface area contributed by atoms with Gasteiger partial charge in [0.1, 0.15) is 10.9 Å². The molecule has 12 heteroatoms. The van der Waals surface area contributed by atoms with Gasteiger partial charge < -0.3 is 21.1 Å². The number of carboxylic acids is 1. The van der Waals surface area contributed by atoms with Gasteiger partial charge in [-0.15, -0.1) is 0 Å². The monoisotopic (exact) mass is 480 g/mol. The van der Waals surface area contributed by atoms with Crippen LogP contribution in [0, 0.1) is 0 Å². The maximum Gasteiger partial charge on any atom is 0.326 e. The lowest BCUT2D eigenvalue weighted by Crippen LogP contribution is -2.53. The Morgan fingerprint density at radius 1 is 1.19 bits per heavy atom. The predicted molar refractivity (Wildman–Crippen MR) is 117 cm³/mol. The van der Waals surface area contributed by atoms with Gasteiger partial charge in [-0.2, -0.15) is 0 Å². The number of fused-ring (bicyclic) bond motifs is 1. The predicted octanol–water partition coefficient (Wildman–Crippen LogP) is 0.925. The van der Waals surface area contributed by atoms with Gasteiger partial charge >= 0.3 is 5.97 Å². The standard InChI is InChI=1S/C20H21ClN4O6S/c1-10(22)19(27)25-9-13-6-14(4-2-11(13)7-16(25)20(28)29)24-18(26)12-3-5-15(21)17(8-12)32(23,30)31/h2-6,8,10,16H,7,9,22H2,1H3,(H,24,26)(H,28,29)(H2,23,30,31)/t10-,16-/m0/s1. The molecular formula is C20H21ClN4O6S. The molecule has 2 atom stereocenters. The maximum atomic E-state index is 12.6. The summed E-state index contributed by atoms with van der Waals surface area (Å²) in [5.41, 5.74) is 7.45. The molecule has 0 aliphatic carbocycles. The summed E-state index contributed by atoms with van der Waals surface area (Å²) in [6, 6.07) is 6.68. The highest BCUT2D eigenvalue weighted by atomic mass is 35.5. The number of nitrogens with zero attached hydrogens (tertiary/aromatic N) is 1. The number of anilines is 1. The molecule has 2 aromatic rings. The van der Waals surface area contributed by atoms with Crippen molar-refractivity contribution >= 4 is 45.1 Å². The fraction of sp³-hybridized carbons (Fsp3) is 0.250. The van der Waals surface area contributed by atoms with Crippen molar-refractivity contribution in [2.75, 3.05) is 5.32 Å². The van der Waals surface area contributed by atoms with Crippen LogP contribution >= 0.6 is 11.6 Å². The van der Waals surface area contributed by atoms with Crippen molar-refractivity contribution in [3.05, 3.63) is 58.1 Å². The molecular weight excluding hydrogens is 460 g/mol. The average molecular weight is 481 g/mol. The molecule has 0 saturated carbocycles. The van der Waals surface area contributed by atoms with Gasteiger partial charge in [0.05, 0.1) is 11.1 Å². The first-order valence-electron chi connectivity index (χ1n) is 9.43. The van der Waals surface area contributed by atoms with Crippen molar-refractivity contribution in [3.8, 4) is 0 Å². The molecule has 0 radical (unpaired) electrons. The molecule has 0 bridgehead atoms. The molecule has 10 nitrogen and oxygen atoms in total. The van der Waals surface area contributed by atoms with Crippen LogP contribution in [-0.4, -0.2) is 48.3 Å². The van der Waals surface area contributed by atoms with Crippen LogP contribution in [-0.2, 0) is 32.6 Å². The molecule has 0 aromatic heterocycles. The van der Waals surface area contributed by atoms with Crippen molar-refractivity contribution in [1.29, 1.82) is 0 Å². The number of carboxylic acid groups (broad SMARTS) is 1. The van der Waals surface area contributed by atoms with Gasteiger partial charge in [0.15, 0.2) is 0 Å². The lowest BCUT2D eigenvalue weighted by molar-refractivity contribution is -0.151. The molecule has 0 spiro atoms. The third-order valence-corrected chi connectivity index (χ3v) is 6.44. The van der Waals surface area contributed by atoms with Crippen LogP contribution in [0.25, 0.3) is 0 Å². The number of benzene rings is 2. The number of halogens is 1. The number of hydrogen-bond acceptors (Lipinski definition) is 6. The van der Waals surface area contributed by atoms with Crippen molar-refractivity contribution < 1.29 is 27.9 Å². The van der Waals surface area contributed by atoms with Crippen LogP contribution in [0.3, 0.4) is 0 Å². The number of primary sulfonamides is 1. The highest BCUT2D eigenvalue weighted by molar-refractivity contribution is 7.89. The zero-order chi connectivity index (χ0) is 23.8. The lowest BCUT2D eigenvalue weighted by Gasteiger charge is -2.35. The van der Waals surface area contributed by atoms with Gasteiger partial charge in [-0.25, -0.2) is 18.4 Å². The van der Waals surface area contributed by atoms with Gasteiger partial charge in [-0.1, -0.05) is 17.7 Å². The smallest absolute Gasteiger partial charge is 0.326 e. The van der Waals surface area contributed by atoms with Crippen molar-refractivity contribution in [2.24, 2.45) is 10.9 Å². The number of carbonyl (C=O) groups excluding carboxylic acids is 2. The fourth-order valence-corrected chi connectivity index (χ4v) is 4.51. The number of amides is 2. The van der Waals surface area contributed by atoms with E-state index in [0.29, 0.717) is 11.3 Å². The van der Waals surface area contributed by atoms with Gasteiger partial charge in [-0.05, 0) is 48.4 Å². The second-order valence-corrected chi connectivity index (χ2v) is 9.38. The van der Waals surface area contributed by atoms with E-state index >= 15 is 0 Å². The van der Waals surface area contributed by atoms with Crippen LogP contribution in [0.1, 0.15) is 28.4 Å². The van der Waals surface area contributed by atoms with Gasteiger partial charge in [0.2, 0.25) is 15.9 Å². The molecule has 2 amide bonds. The molecule has 1 aliphatic heterocycles. The fourth-order valence-electron chi connectivity index (χ4n) is 3.44. The van der Waals surface area contributed by atoms with E-state index in [2.05, 4.69) is 5.32 Å². The Morgan fingerprint density at radius 2 is 1.88 bits per heavy atom. The first kappa shape index (κ1) is 23.7.